The molecule has 0 saturated carbocycles. The summed E-state index contributed by atoms with van der Waals surface area (Å²) in [6.07, 6.45) is 0.894. The number of carbonyl (C=O) groups excluding carboxylic acids is 2. The molecule has 5 nitrogen and oxygen atoms in total. The molecule has 1 aliphatic rings. The number of amides is 2. The van der Waals surface area contributed by atoms with Gasteiger partial charge in [0.25, 0.3) is 11.8 Å². The number of para-hydroxylation sites is 1. The van der Waals surface area contributed by atoms with E-state index in [1.807, 2.05) is 13.0 Å². The number of nitrogens with zero attached hydrogens (tertiary/aromatic N) is 1. The molecule has 27 heavy (non-hydrogen) atoms. The molecule has 1 fully saturated rings. The van der Waals surface area contributed by atoms with E-state index in [4.69, 9.17) is 0 Å². The number of hydrogen-bond donors (Lipinski definition) is 2. The zero-order chi connectivity index (χ0) is 18.7. The minimum Gasteiger partial charge on any atom is -0.337 e. The molecule has 1 aliphatic heterocycles. The monoisotopic (exact) mass is 391 g/mol. The summed E-state index contributed by atoms with van der Waals surface area (Å²) < 4.78 is 13.9. The van der Waals surface area contributed by atoms with Crippen LogP contribution in [0.15, 0.2) is 42.5 Å². The fraction of sp³-hybridized carbons (Fsp3) is 0.300. The summed E-state index contributed by atoms with van der Waals surface area (Å²) in [4.78, 5) is 27.2. The molecule has 2 aromatic carbocycles. The Balaban J connectivity index is 0.00000261. The number of nitrogens with one attached hydrogen (secondary N) is 2. The molecule has 3 rings (SSSR count). The number of anilines is 1. The van der Waals surface area contributed by atoms with Crippen LogP contribution in [0.2, 0.25) is 0 Å². The maximum absolute atomic E-state index is 13.9. The van der Waals surface area contributed by atoms with E-state index in [-0.39, 0.29) is 29.9 Å². The number of aryl methyl sites for hydroxylation is 1. The van der Waals surface area contributed by atoms with Crippen molar-refractivity contribution < 1.29 is 14.0 Å². The third kappa shape index (κ3) is 4.46. The Hall–Kier alpha value is -2.44. The van der Waals surface area contributed by atoms with Gasteiger partial charge in [-0.1, -0.05) is 24.3 Å². The van der Waals surface area contributed by atoms with Crippen LogP contribution in [-0.2, 0) is 0 Å². The maximum Gasteiger partial charge on any atom is 0.258 e. The molecule has 7 heteroatoms. The molecule has 0 spiro atoms. The summed E-state index contributed by atoms with van der Waals surface area (Å²) >= 11 is 0. The van der Waals surface area contributed by atoms with E-state index < -0.39 is 11.7 Å². The summed E-state index contributed by atoms with van der Waals surface area (Å²) in [5.74, 6) is -1.33. The number of halogens is 2. The predicted octanol–water partition coefficient (Wildman–Crippen LogP) is 3.24. The second-order valence-electron chi connectivity index (χ2n) is 6.49. The zero-order valence-electron chi connectivity index (χ0n) is 15.3. The Morgan fingerprint density at radius 2 is 1.85 bits per heavy atom. The molecule has 0 aromatic heterocycles. The summed E-state index contributed by atoms with van der Waals surface area (Å²) in [6.45, 7) is 3.45. The lowest BCUT2D eigenvalue weighted by molar-refractivity contribution is 0.0744. The summed E-state index contributed by atoms with van der Waals surface area (Å²) in [5.41, 5.74) is 1.52. The molecule has 0 bridgehead atoms. The van der Waals surface area contributed by atoms with Gasteiger partial charge >= 0.3 is 0 Å². The third-order valence-corrected chi connectivity index (χ3v) is 4.76. The van der Waals surface area contributed by atoms with E-state index in [0.717, 1.165) is 25.1 Å². The van der Waals surface area contributed by atoms with Gasteiger partial charge in [0.05, 0.1) is 16.8 Å². The summed E-state index contributed by atoms with van der Waals surface area (Å²) in [7, 11) is 1.77. The van der Waals surface area contributed by atoms with Crippen molar-refractivity contribution in [3.8, 4) is 0 Å². The van der Waals surface area contributed by atoms with Gasteiger partial charge in [0, 0.05) is 19.6 Å². The van der Waals surface area contributed by atoms with Gasteiger partial charge in [-0.2, -0.15) is 0 Å². The lowest BCUT2D eigenvalue weighted by Gasteiger charge is -2.25. The van der Waals surface area contributed by atoms with Crippen molar-refractivity contribution in [2.75, 3.05) is 25.5 Å². The van der Waals surface area contributed by atoms with Crippen LogP contribution in [0.4, 0.5) is 10.1 Å². The standard InChI is InChI=1S/C20H22FN3O2.ClH/c1-13-6-5-8-16(20(26)24(2)14-10-11-22-12-14)18(13)23-19(25)15-7-3-4-9-17(15)21;/h3-9,14,22H,10-12H2,1-2H3,(H,23,25);1H. The van der Waals surface area contributed by atoms with E-state index in [2.05, 4.69) is 10.6 Å². The van der Waals surface area contributed by atoms with Crippen LogP contribution in [0.1, 0.15) is 32.7 Å². The van der Waals surface area contributed by atoms with Gasteiger partial charge in [-0.25, -0.2) is 4.39 Å². The van der Waals surface area contributed by atoms with Crippen LogP contribution in [0.5, 0.6) is 0 Å². The number of rotatable bonds is 4. The van der Waals surface area contributed by atoms with Crippen LogP contribution in [0, 0.1) is 12.7 Å². The van der Waals surface area contributed by atoms with E-state index in [1.165, 1.54) is 18.2 Å². The average Bonchev–Trinajstić information content (AvgIpc) is 3.17. The van der Waals surface area contributed by atoms with Gasteiger partial charge in [-0.05, 0) is 43.7 Å². The number of likely N-dealkylation sites (N-methyl/N-ethyl adjacent to an activating group) is 1. The Bertz CT molecular complexity index is 838. The van der Waals surface area contributed by atoms with Gasteiger partial charge in [-0.3, -0.25) is 9.59 Å². The fourth-order valence-corrected chi connectivity index (χ4v) is 3.16. The van der Waals surface area contributed by atoms with Crippen LogP contribution >= 0.6 is 12.4 Å². The number of carbonyl (C=O) groups is 2. The summed E-state index contributed by atoms with van der Waals surface area (Å²) in [6, 6.07) is 11.2. The van der Waals surface area contributed by atoms with Crippen LogP contribution < -0.4 is 10.6 Å². The molecular formula is C20H23ClFN3O2. The van der Waals surface area contributed by atoms with Crippen molar-refractivity contribution in [2.24, 2.45) is 0 Å². The van der Waals surface area contributed by atoms with E-state index >= 15 is 0 Å². The predicted molar refractivity (Wildman–Crippen MR) is 106 cm³/mol. The van der Waals surface area contributed by atoms with Crippen molar-refractivity contribution in [3.05, 3.63) is 65.0 Å². The van der Waals surface area contributed by atoms with E-state index in [9.17, 15) is 14.0 Å². The van der Waals surface area contributed by atoms with Gasteiger partial charge in [-0.15, -0.1) is 12.4 Å². The first kappa shape index (κ1) is 20.9. The topological polar surface area (TPSA) is 61.4 Å². The minimum absolute atomic E-state index is 0. The lowest BCUT2D eigenvalue weighted by atomic mass is 10.0. The van der Waals surface area contributed by atoms with Gasteiger partial charge in [0.2, 0.25) is 0 Å². The first-order chi connectivity index (χ1) is 12.5. The second kappa shape index (κ2) is 8.97. The lowest BCUT2D eigenvalue weighted by Crippen LogP contribution is -2.38. The number of benzene rings is 2. The van der Waals surface area contributed by atoms with Crippen molar-refractivity contribution >= 4 is 29.9 Å². The molecule has 2 amide bonds. The fourth-order valence-electron chi connectivity index (χ4n) is 3.16. The normalized spacial score (nSPS) is 15.7. The van der Waals surface area contributed by atoms with Crippen molar-refractivity contribution in [2.45, 2.75) is 19.4 Å². The molecule has 1 atom stereocenters. The summed E-state index contributed by atoms with van der Waals surface area (Å²) in [5, 5.41) is 5.96. The highest BCUT2D eigenvalue weighted by Crippen LogP contribution is 2.24. The van der Waals surface area contributed by atoms with Crippen molar-refractivity contribution in [3.63, 3.8) is 0 Å². The Labute approximate surface area is 164 Å². The Kier molecular flexibility index (Phi) is 6.93. The molecule has 0 radical (unpaired) electrons. The third-order valence-electron chi connectivity index (χ3n) is 4.76. The van der Waals surface area contributed by atoms with Crippen molar-refractivity contribution in [1.29, 1.82) is 0 Å². The second-order valence-corrected chi connectivity index (χ2v) is 6.49. The SMILES string of the molecule is Cc1cccc(C(=O)N(C)C2CCNC2)c1NC(=O)c1ccccc1F.Cl. The Morgan fingerprint density at radius 1 is 1.15 bits per heavy atom. The minimum atomic E-state index is -0.597. The molecule has 1 saturated heterocycles. The zero-order valence-corrected chi connectivity index (χ0v) is 16.1. The molecule has 2 aromatic rings. The van der Waals surface area contributed by atoms with Gasteiger partial charge < -0.3 is 15.5 Å². The molecular weight excluding hydrogens is 369 g/mol. The van der Waals surface area contributed by atoms with Gasteiger partial charge in [0.15, 0.2) is 0 Å². The molecule has 144 valence electrons. The maximum atomic E-state index is 13.9. The molecule has 1 heterocycles. The number of hydrogen-bond acceptors (Lipinski definition) is 3. The van der Waals surface area contributed by atoms with Crippen molar-refractivity contribution in [1.82, 2.24) is 10.2 Å². The molecule has 1 unspecified atom stereocenters. The largest absolute Gasteiger partial charge is 0.337 e. The van der Waals surface area contributed by atoms with E-state index in [0.29, 0.717) is 11.3 Å². The highest BCUT2D eigenvalue weighted by atomic mass is 35.5. The van der Waals surface area contributed by atoms with Crippen LogP contribution in [0.3, 0.4) is 0 Å². The highest BCUT2D eigenvalue weighted by molar-refractivity contribution is 6.09. The smallest absolute Gasteiger partial charge is 0.258 e. The first-order valence-corrected chi connectivity index (χ1v) is 8.62. The molecule has 0 aliphatic carbocycles. The average molecular weight is 392 g/mol. The molecule has 2 N–H and O–H groups in total. The van der Waals surface area contributed by atoms with Gasteiger partial charge in [0.1, 0.15) is 5.82 Å². The van der Waals surface area contributed by atoms with Crippen LogP contribution in [-0.4, -0.2) is 42.9 Å². The quantitative estimate of drug-likeness (QED) is 0.841. The Morgan fingerprint density at radius 3 is 2.52 bits per heavy atom. The highest BCUT2D eigenvalue weighted by Gasteiger charge is 2.26. The van der Waals surface area contributed by atoms with E-state index in [1.54, 1.807) is 30.1 Å². The van der Waals surface area contributed by atoms with Crippen LogP contribution in [0.25, 0.3) is 0 Å². The first-order valence-electron chi connectivity index (χ1n) is 8.62.